The third-order valence-corrected chi connectivity index (χ3v) is 5.55. The summed E-state index contributed by atoms with van der Waals surface area (Å²) >= 11 is 0. The SMILES string of the molecule is C=C(C)[C@H]1C(=O)CCC(=C)[C@H]2C3=C(C=C(C)[C@H]12)C[C@H](C)C3=O. The van der Waals surface area contributed by atoms with E-state index in [9.17, 15) is 9.59 Å². The second-order valence-electron chi connectivity index (χ2n) is 7.25. The topological polar surface area (TPSA) is 34.1 Å². The van der Waals surface area contributed by atoms with Gasteiger partial charge in [-0.05, 0) is 32.3 Å². The third kappa shape index (κ3) is 2.08. The monoisotopic (exact) mass is 296 g/mol. The molecule has 2 heteroatoms. The van der Waals surface area contributed by atoms with Crippen molar-refractivity contribution < 1.29 is 9.59 Å². The molecule has 0 saturated heterocycles. The molecule has 0 amide bonds. The second kappa shape index (κ2) is 5.19. The van der Waals surface area contributed by atoms with Gasteiger partial charge in [0.2, 0.25) is 0 Å². The number of ketones is 2. The molecule has 0 bridgehead atoms. The first-order valence-electron chi connectivity index (χ1n) is 8.14. The highest BCUT2D eigenvalue weighted by Crippen LogP contribution is 2.51. The van der Waals surface area contributed by atoms with E-state index in [-0.39, 0.29) is 35.2 Å². The fourth-order valence-electron chi connectivity index (χ4n) is 4.55. The molecule has 0 aliphatic heterocycles. The lowest BCUT2D eigenvalue weighted by Crippen LogP contribution is -2.33. The van der Waals surface area contributed by atoms with Crippen LogP contribution < -0.4 is 0 Å². The Morgan fingerprint density at radius 1 is 1.27 bits per heavy atom. The van der Waals surface area contributed by atoms with Crippen LogP contribution in [0.25, 0.3) is 0 Å². The number of carbonyl (C=O) groups excluding carboxylic acids is 2. The largest absolute Gasteiger partial charge is 0.299 e. The molecule has 1 saturated carbocycles. The molecule has 1 fully saturated rings. The lowest BCUT2D eigenvalue weighted by atomic mass is 9.66. The maximum absolute atomic E-state index is 12.7. The molecule has 4 atom stereocenters. The summed E-state index contributed by atoms with van der Waals surface area (Å²) in [5, 5.41) is 0. The van der Waals surface area contributed by atoms with Gasteiger partial charge in [0, 0.05) is 35.7 Å². The molecular weight excluding hydrogens is 272 g/mol. The van der Waals surface area contributed by atoms with Crippen molar-refractivity contribution >= 4 is 11.6 Å². The summed E-state index contributed by atoms with van der Waals surface area (Å²) in [6, 6.07) is 0. The zero-order valence-electron chi connectivity index (χ0n) is 13.7. The summed E-state index contributed by atoms with van der Waals surface area (Å²) in [5.74, 6) is 0.417. The predicted octanol–water partition coefficient (Wildman–Crippen LogP) is 4.20. The number of carbonyl (C=O) groups is 2. The summed E-state index contributed by atoms with van der Waals surface area (Å²) in [7, 11) is 0. The Bertz CT molecular complexity index is 659. The van der Waals surface area contributed by atoms with E-state index in [4.69, 9.17) is 0 Å². The highest BCUT2D eigenvalue weighted by molar-refractivity contribution is 6.03. The Labute approximate surface area is 132 Å². The van der Waals surface area contributed by atoms with Crippen molar-refractivity contribution in [2.75, 3.05) is 0 Å². The number of hydrogen-bond donors (Lipinski definition) is 0. The molecule has 0 unspecified atom stereocenters. The maximum atomic E-state index is 12.7. The van der Waals surface area contributed by atoms with Gasteiger partial charge in [0.15, 0.2) is 5.78 Å². The van der Waals surface area contributed by atoms with Gasteiger partial charge in [0.25, 0.3) is 0 Å². The van der Waals surface area contributed by atoms with Crippen molar-refractivity contribution in [3.8, 4) is 0 Å². The van der Waals surface area contributed by atoms with Crippen LogP contribution in [0.5, 0.6) is 0 Å². The van der Waals surface area contributed by atoms with Crippen LogP contribution in [0.2, 0.25) is 0 Å². The molecule has 3 rings (SSSR count). The zero-order valence-corrected chi connectivity index (χ0v) is 13.7. The van der Waals surface area contributed by atoms with Gasteiger partial charge in [-0.15, -0.1) is 0 Å². The van der Waals surface area contributed by atoms with Gasteiger partial charge in [0.1, 0.15) is 5.78 Å². The number of allylic oxidation sites excluding steroid dienone is 6. The first kappa shape index (κ1) is 15.2. The molecule has 3 aliphatic carbocycles. The lowest BCUT2D eigenvalue weighted by Gasteiger charge is -2.36. The van der Waals surface area contributed by atoms with E-state index in [1.54, 1.807) is 0 Å². The molecule has 0 heterocycles. The Morgan fingerprint density at radius 3 is 2.59 bits per heavy atom. The number of fused-ring (bicyclic) bond motifs is 2. The van der Waals surface area contributed by atoms with Crippen molar-refractivity contribution in [3.05, 3.63) is 47.1 Å². The Balaban J connectivity index is 2.17. The minimum absolute atomic E-state index is 0.00519. The number of hydrogen-bond acceptors (Lipinski definition) is 2. The summed E-state index contributed by atoms with van der Waals surface area (Å²) in [5.41, 5.74) is 5.27. The molecule has 0 aromatic carbocycles. The Kier molecular flexibility index (Phi) is 3.58. The summed E-state index contributed by atoms with van der Waals surface area (Å²) < 4.78 is 0. The maximum Gasteiger partial charge on any atom is 0.162 e. The molecule has 0 N–H and O–H groups in total. The van der Waals surface area contributed by atoms with Crippen LogP contribution >= 0.6 is 0 Å². The van der Waals surface area contributed by atoms with Crippen molar-refractivity contribution in [2.45, 2.75) is 40.0 Å². The average molecular weight is 296 g/mol. The van der Waals surface area contributed by atoms with Crippen LogP contribution in [0.3, 0.4) is 0 Å². The normalized spacial score (nSPS) is 35.0. The fourth-order valence-corrected chi connectivity index (χ4v) is 4.55. The van der Waals surface area contributed by atoms with Crippen LogP contribution in [-0.2, 0) is 9.59 Å². The van der Waals surface area contributed by atoms with E-state index in [0.29, 0.717) is 12.8 Å². The summed E-state index contributed by atoms with van der Waals surface area (Å²) in [4.78, 5) is 25.3. The highest BCUT2D eigenvalue weighted by atomic mass is 16.1. The molecule has 0 spiro atoms. The number of Topliss-reactive ketones (excluding diaryl/α,β-unsaturated/α-hetero) is 2. The molecule has 2 nitrogen and oxygen atoms in total. The standard InChI is InChI=1S/C20H24O2/c1-10(2)16-15(21)7-6-11(3)17-18(16)12(4)8-14-9-13(5)20(22)19(14)17/h8,13,16-18H,1,3,6-7,9H2,2,4-5H3/t13-,16-,17+,18+/m0/s1. The van der Waals surface area contributed by atoms with Gasteiger partial charge < -0.3 is 0 Å². The first-order chi connectivity index (χ1) is 10.3. The van der Waals surface area contributed by atoms with Gasteiger partial charge in [0.05, 0.1) is 0 Å². The van der Waals surface area contributed by atoms with E-state index in [1.807, 2.05) is 13.8 Å². The number of rotatable bonds is 1. The van der Waals surface area contributed by atoms with E-state index in [1.165, 1.54) is 11.1 Å². The van der Waals surface area contributed by atoms with Gasteiger partial charge in [-0.1, -0.05) is 42.9 Å². The minimum atomic E-state index is -0.182. The van der Waals surface area contributed by atoms with E-state index in [0.717, 1.165) is 23.1 Å². The van der Waals surface area contributed by atoms with Crippen molar-refractivity contribution in [2.24, 2.45) is 23.7 Å². The van der Waals surface area contributed by atoms with Gasteiger partial charge in [-0.25, -0.2) is 0 Å². The highest BCUT2D eigenvalue weighted by Gasteiger charge is 2.47. The summed E-state index contributed by atoms with van der Waals surface area (Å²) in [6.07, 6.45) is 4.19. The van der Waals surface area contributed by atoms with Crippen LogP contribution in [0.4, 0.5) is 0 Å². The predicted molar refractivity (Wildman–Crippen MR) is 88.2 cm³/mol. The fraction of sp³-hybridized carbons (Fsp3) is 0.500. The van der Waals surface area contributed by atoms with E-state index in [2.05, 4.69) is 26.2 Å². The third-order valence-electron chi connectivity index (χ3n) is 5.55. The quantitative estimate of drug-likeness (QED) is 0.680. The molecule has 0 radical (unpaired) electrons. The minimum Gasteiger partial charge on any atom is -0.299 e. The van der Waals surface area contributed by atoms with Crippen molar-refractivity contribution in [3.63, 3.8) is 0 Å². The Morgan fingerprint density at radius 2 is 1.95 bits per heavy atom. The van der Waals surface area contributed by atoms with Crippen LogP contribution in [0.15, 0.2) is 47.1 Å². The Hall–Kier alpha value is -1.70. The van der Waals surface area contributed by atoms with Gasteiger partial charge >= 0.3 is 0 Å². The van der Waals surface area contributed by atoms with Crippen molar-refractivity contribution in [1.82, 2.24) is 0 Å². The first-order valence-corrected chi connectivity index (χ1v) is 8.14. The average Bonchev–Trinajstić information content (AvgIpc) is 2.63. The smallest absolute Gasteiger partial charge is 0.162 e. The molecule has 116 valence electrons. The van der Waals surface area contributed by atoms with E-state index >= 15 is 0 Å². The molecule has 22 heavy (non-hydrogen) atoms. The van der Waals surface area contributed by atoms with E-state index < -0.39 is 0 Å². The molecule has 0 aromatic heterocycles. The molecular formula is C20H24O2. The van der Waals surface area contributed by atoms with Crippen LogP contribution in [-0.4, -0.2) is 11.6 Å². The molecule has 0 aromatic rings. The van der Waals surface area contributed by atoms with Crippen LogP contribution in [0.1, 0.15) is 40.0 Å². The van der Waals surface area contributed by atoms with Crippen LogP contribution in [0, 0.1) is 23.7 Å². The summed E-state index contributed by atoms with van der Waals surface area (Å²) in [6.45, 7) is 14.3. The lowest BCUT2D eigenvalue weighted by molar-refractivity contribution is -0.123. The van der Waals surface area contributed by atoms with Crippen molar-refractivity contribution in [1.29, 1.82) is 0 Å². The van der Waals surface area contributed by atoms with Gasteiger partial charge in [-0.2, -0.15) is 0 Å². The zero-order chi connectivity index (χ0) is 16.2. The molecule has 3 aliphatic rings. The second-order valence-corrected chi connectivity index (χ2v) is 7.25. The van der Waals surface area contributed by atoms with Gasteiger partial charge in [-0.3, -0.25) is 9.59 Å².